The van der Waals surface area contributed by atoms with E-state index in [9.17, 15) is 0 Å². The van der Waals surface area contributed by atoms with Gasteiger partial charge in [0, 0.05) is 11.6 Å². The molecule has 0 radical (unpaired) electrons. The van der Waals surface area contributed by atoms with Gasteiger partial charge in [-0.2, -0.15) is 0 Å². The Labute approximate surface area is 74.9 Å². The van der Waals surface area contributed by atoms with Crippen molar-refractivity contribution in [2.45, 2.75) is 6.92 Å². The van der Waals surface area contributed by atoms with Crippen molar-refractivity contribution >= 4 is 11.3 Å². The first-order chi connectivity index (χ1) is 5.88. The van der Waals surface area contributed by atoms with Gasteiger partial charge in [-0.1, -0.05) is 6.07 Å². The molecule has 0 saturated heterocycles. The second-order valence-electron chi connectivity index (χ2n) is 2.54. The summed E-state index contributed by atoms with van der Waals surface area (Å²) >= 11 is 1.59. The number of thiazole rings is 1. The Morgan fingerprint density at radius 1 is 1.33 bits per heavy atom. The smallest absolute Gasteiger partial charge is 0.0997 e. The van der Waals surface area contributed by atoms with E-state index in [4.69, 9.17) is 0 Å². The van der Waals surface area contributed by atoms with Gasteiger partial charge in [-0.05, 0) is 18.6 Å². The first kappa shape index (κ1) is 7.43. The van der Waals surface area contributed by atoms with Gasteiger partial charge in [0.15, 0.2) is 0 Å². The topological polar surface area (TPSA) is 25.8 Å². The fourth-order valence-corrected chi connectivity index (χ4v) is 1.62. The molecule has 0 bridgehead atoms. The fourth-order valence-electron chi connectivity index (χ4n) is 1.08. The number of rotatable bonds is 1. The highest BCUT2D eigenvalue weighted by Gasteiger charge is 2.02. The molecular weight excluding hydrogens is 168 g/mol. The summed E-state index contributed by atoms with van der Waals surface area (Å²) in [5.74, 6) is 0. The molecule has 2 heterocycles. The molecule has 0 aromatic carbocycles. The van der Waals surface area contributed by atoms with Gasteiger partial charge in [-0.25, -0.2) is 4.98 Å². The maximum atomic E-state index is 4.26. The zero-order chi connectivity index (χ0) is 8.39. The third-order valence-electron chi connectivity index (χ3n) is 1.68. The summed E-state index contributed by atoms with van der Waals surface area (Å²) in [6.07, 6.45) is 1.79. The number of aromatic nitrogens is 2. The van der Waals surface area contributed by atoms with E-state index in [-0.39, 0.29) is 0 Å². The molecule has 0 N–H and O–H groups in total. The van der Waals surface area contributed by atoms with Gasteiger partial charge in [0.05, 0.1) is 16.9 Å². The lowest BCUT2D eigenvalue weighted by Crippen LogP contribution is -1.86. The number of aryl methyl sites for hydroxylation is 1. The fraction of sp³-hybridized carbons (Fsp3) is 0.111. The standard InChI is InChI=1S/C9H8N2S/c1-7-3-2-4-10-9(7)8-5-12-6-11-8/h2-6H,1H3. The van der Waals surface area contributed by atoms with Crippen LogP contribution in [0.5, 0.6) is 0 Å². The van der Waals surface area contributed by atoms with Crippen molar-refractivity contribution in [3.05, 3.63) is 34.8 Å². The summed E-state index contributed by atoms with van der Waals surface area (Å²) < 4.78 is 0. The minimum absolute atomic E-state index is 0.970. The van der Waals surface area contributed by atoms with E-state index in [1.807, 2.05) is 29.9 Å². The second-order valence-corrected chi connectivity index (χ2v) is 3.26. The molecule has 0 aliphatic carbocycles. The summed E-state index contributed by atoms with van der Waals surface area (Å²) in [4.78, 5) is 8.47. The van der Waals surface area contributed by atoms with Crippen LogP contribution in [0, 0.1) is 6.92 Å². The van der Waals surface area contributed by atoms with E-state index < -0.39 is 0 Å². The summed E-state index contributed by atoms with van der Waals surface area (Å²) in [6.45, 7) is 2.04. The molecule has 3 heteroatoms. The molecule has 12 heavy (non-hydrogen) atoms. The molecule has 2 aromatic heterocycles. The highest BCUT2D eigenvalue weighted by Crippen LogP contribution is 2.19. The van der Waals surface area contributed by atoms with Crippen LogP contribution in [0.3, 0.4) is 0 Å². The van der Waals surface area contributed by atoms with Gasteiger partial charge in [0.1, 0.15) is 0 Å². The molecule has 0 fully saturated rings. The lowest BCUT2D eigenvalue weighted by molar-refractivity contribution is 1.24. The Hall–Kier alpha value is -1.22. The summed E-state index contributed by atoms with van der Waals surface area (Å²) in [5.41, 5.74) is 4.95. The Morgan fingerprint density at radius 3 is 2.92 bits per heavy atom. The van der Waals surface area contributed by atoms with Gasteiger partial charge in [-0.15, -0.1) is 11.3 Å². The molecule has 0 unspecified atom stereocenters. The van der Waals surface area contributed by atoms with Crippen molar-refractivity contribution in [1.29, 1.82) is 0 Å². The maximum Gasteiger partial charge on any atom is 0.0997 e. The molecule has 0 saturated carbocycles. The number of nitrogens with zero attached hydrogens (tertiary/aromatic N) is 2. The van der Waals surface area contributed by atoms with Crippen LogP contribution >= 0.6 is 11.3 Å². The lowest BCUT2D eigenvalue weighted by atomic mass is 10.2. The number of hydrogen-bond donors (Lipinski definition) is 0. The van der Waals surface area contributed by atoms with Crippen LogP contribution in [0.4, 0.5) is 0 Å². The third kappa shape index (κ3) is 1.23. The van der Waals surface area contributed by atoms with E-state index >= 15 is 0 Å². The minimum atomic E-state index is 0.970. The molecule has 2 rings (SSSR count). The van der Waals surface area contributed by atoms with E-state index in [1.165, 1.54) is 5.56 Å². The number of pyridine rings is 1. The van der Waals surface area contributed by atoms with Crippen molar-refractivity contribution in [2.24, 2.45) is 0 Å². The predicted octanol–water partition coefficient (Wildman–Crippen LogP) is 2.51. The van der Waals surface area contributed by atoms with Gasteiger partial charge in [-0.3, -0.25) is 4.98 Å². The molecule has 0 aliphatic heterocycles. The van der Waals surface area contributed by atoms with Crippen molar-refractivity contribution in [2.75, 3.05) is 0 Å². The SMILES string of the molecule is Cc1cccnc1-c1cscn1. The van der Waals surface area contributed by atoms with E-state index in [0.717, 1.165) is 11.4 Å². The zero-order valence-corrected chi connectivity index (χ0v) is 7.51. The summed E-state index contributed by atoms with van der Waals surface area (Å²) in [6, 6.07) is 3.98. The third-order valence-corrected chi connectivity index (χ3v) is 2.27. The van der Waals surface area contributed by atoms with Crippen molar-refractivity contribution in [3.63, 3.8) is 0 Å². The molecule has 0 amide bonds. The normalized spacial score (nSPS) is 10.1. The lowest BCUT2D eigenvalue weighted by Gasteiger charge is -1.98. The minimum Gasteiger partial charge on any atom is -0.254 e. The maximum absolute atomic E-state index is 4.26. The molecule has 0 atom stereocenters. The molecule has 2 nitrogen and oxygen atoms in total. The van der Waals surface area contributed by atoms with Crippen molar-refractivity contribution in [3.8, 4) is 11.4 Å². The monoisotopic (exact) mass is 176 g/mol. The van der Waals surface area contributed by atoms with Crippen molar-refractivity contribution in [1.82, 2.24) is 9.97 Å². The molecule has 60 valence electrons. The van der Waals surface area contributed by atoms with Crippen LogP contribution in [0.25, 0.3) is 11.4 Å². The highest BCUT2D eigenvalue weighted by atomic mass is 32.1. The van der Waals surface area contributed by atoms with Crippen LogP contribution in [0.1, 0.15) is 5.56 Å². The van der Waals surface area contributed by atoms with Crippen LogP contribution in [-0.2, 0) is 0 Å². The molecular formula is C9H8N2S. The van der Waals surface area contributed by atoms with Crippen LogP contribution < -0.4 is 0 Å². The molecule has 0 spiro atoms. The highest BCUT2D eigenvalue weighted by molar-refractivity contribution is 7.07. The second kappa shape index (κ2) is 3.03. The van der Waals surface area contributed by atoms with Crippen LogP contribution in [0.15, 0.2) is 29.2 Å². The average Bonchev–Trinajstić information content (AvgIpc) is 2.57. The Bertz CT molecular complexity index is 368. The predicted molar refractivity (Wildman–Crippen MR) is 50.1 cm³/mol. The van der Waals surface area contributed by atoms with E-state index in [0.29, 0.717) is 0 Å². The van der Waals surface area contributed by atoms with Gasteiger partial charge >= 0.3 is 0 Å². The summed E-state index contributed by atoms with van der Waals surface area (Å²) in [5, 5.41) is 2.01. The first-order valence-electron chi connectivity index (χ1n) is 3.68. The largest absolute Gasteiger partial charge is 0.254 e. The molecule has 0 aliphatic rings. The summed E-state index contributed by atoms with van der Waals surface area (Å²) in [7, 11) is 0. The quantitative estimate of drug-likeness (QED) is 0.667. The van der Waals surface area contributed by atoms with E-state index in [2.05, 4.69) is 9.97 Å². The average molecular weight is 176 g/mol. The number of hydrogen-bond acceptors (Lipinski definition) is 3. The van der Waals surface area contributed by atoms with Crippen LogP contribution in [-0.4, -0.2) is 9.97 Å². The Balaban J connectivity index is 2.55. The molecule has 2 aromatic rings. The van der Waals surface area contributed by atoms with Gasteiger partial charge in [0.2, 0.25) is 0 Å². The first-order valence-corrected chi connectivity index (χ1v) is 4.62. The Kier molecular flexibility index (Phi) is 1.87. The van der Waals surface area contributed by atoms with Crippen LogP contribution in [0.2, 0.25) is 0 Å². The zero-order valence-electron chi connectivity index (χ0n) is 6.69. The van der Waals surface area contributed by atoms with Crippen molar-refractivity contribution < 1.29 is 0 Å². The van der Waals surface area contributed by atoms with Gasteiger partial charge < -0.3 is 0 Å². The Morgan fingerprint density at radius 2 is 2.25 bits per heavy atom. The van der Waals surface area contributed by atoms with Gasteiger partial charge in [0.25, 0.3) is 0 Å². The van der Waals surface area contributed by atoms with E-state index in [1.54, 1.807) is 17.5 Å².